The molecule has 2 aromatic carbocycles. The van der Waals surface area contributed by atoms with Crippen LogP contribution in [0.2, 0.25) is 5.02 Å². The Morgan fingerprint density at radius 1 is 1.18 bits per heavy atom. The smallest absolute Gasteiger partial charge is 0.0409 e. The summed E-state index contributed by atoms with van der Waals surface area (Å²) < 4.78 is 1.13. The summed E-state index contributed by atoms with van der Waals surface area (Å²) in [5.41, 5.74) is 3.52. The maximum Gasteiger partial charge on any atom is 0.0409 e. The van der Waals surface area contributed by atoms with Gasteiger partial charge in [-0.1, -0.05) is 39.7 Å². The van der Waals surface area contributed by atoms with Crippen molar-refractivity contribution >= 4 is 33.2 Å². The zero-order chi connectivity index (χ0) is 12.3. The molecule has 2 rings (SSSR count). The van der Waals surface area contributed by atoms with Crippen LogP contribution in [0.1, 0.15) is 11.1 Å². The molecule has 2 aromatic rings. The summed E-state index contributed by atoms with van der Waals surface area (Å²) in [6.07, 6.45) is 0. The second-order valence-electron chi connectivity index (χ2n) is 3.95. The zero-order valence-electron chi connectivity index (χ0n) is 9.50. The predicted octanol–water partition coefficient (Wildman–Crippen LogP) is 5.02. The van der Waals surface area contributed by atoms with Crippen molar-refractivity contribution in [2.24, 2.45) is 0 Å². The summed E-state index contributed by atoms with van der Waals surface area (Å²) in [5, 5.41) is 4.15. The summed E-state index contributed by atoms with van der Waals surface area (Å²) in [6, 6.07) is 14.1. The third kappa shape index (κ3) is 3.48. The average Bonchev–Trinajstić information content (AvgIpc) is 2.31. The molecule has 0 radical (unpaired) electrons. The lowest BCUT2D eigenvalue weighted by atomic mass is 10.2. The van der Waals surface area contributed by atoms with E-state index in [0.717, 1.165) is 21.7 Å². The van der Waals surface area contributed by atoms with Gasteiger partial charge >= 0.3 is 0 Å². The first-order valence-corrected chi connectivity index (χ1v) is 6.57. The molecule has 0 saturated heterocycles. The third-order valence-electron chi connectivity index (χ3n) is 2.54. The highest BCUT2D eigenvalue weighted by Gasteiger charge is 1.98. The number of rotatable bonds is 3. The fourth-order valence-corrected chi connectivity index (χ4v) is 2.07. The lowest BCUT2D eigenvalue weighted by Gasteiger charge is -2.08. The van der Waals surface area contributed by atoms with E-state index in [1.165, 1.54) is 11.1 Å². The van der Waals surface area contributed by atoms with E-state index in [-0.39, 0.29) is 0 Å². The minimum absolute atomic E-state index is 0.774. The minimum atomic E-state index is 0.774. The van der Waals surface area contributed by atoms with Gasteiger partial charge in [0.25, 0.3) is 0 Å². The second kappa shape index (κ2) is 5.56. The van der Waals surface area contributed by atoms with Gasteiger partial charge in [0.15, 0.2) is 0 Å². The van der Waals surface area contributed by atoms with Crippen LogP contribution < -0.4 is 5.32 Å². The van der Waals surface area contributed by atoms with Gasteiger partial charge in [-0.05, 0) is 48.4 Å². The summed E-state index contributed by atoms with van der Waals surface area (Å²) >= 11 is 9.43. The summed E-state index contributed by atoms with van der Waals surface area (Å²) in [4.78, 5) is 0. The minimum Gasteiger partial charge on any atom is -0.381 e. The molecule has 0 spiro atoms. The van der Waals surface area contributed by atoms with Gasteiger partial charge in [-0.2, -0.15) is 0 Å². The number of nitrogens with one attached hydrogen (secondary N) is 1. The molecule has 0 unspecified atom stereocenters. The topological polar surface area (TPSA) is 12.0 Å². The molecule has 0 bridgehead atoms. The fraction of sp³-hybridized carbons (Fsp3) is 0.143. The van der Waals surface area contributed by atoms with Crippen LogP contribution in [0.15, 0.2) is 46.9 Å². The molecule has 0 aliphatic heterocycles. The van der Waals surface area contributed by atoms with Gasteiger partial charge < -0.3 is 5.32 Å². The Labute approximate surface area is 115 Å². The lowest BCUT2D eigenvalue weighted by Crippen LogP contribution is -1.99. The van der Waals surface area contributed by atoms with Gasteiger partial charge in [0.05, 0.1) is 0 Å². The molecule has 0 heterocycles. The Bertz CT molecular complexity index is 525. The van der Waals surface area contributed by atoms with Gasteiger partial charge in [-0.25, -0.2) is 0 Å². The van der Waals surface area contributed by atoms with Crippen molar-refractivity contribution in [3.63, 3.8) is 0 Å². The standard InChI is InChI=1S/C14H13BrClN/c1-10-7-13(5-6-14(10)15)17-9-11-3-2-4-12(16)8-11/h2-8,17H,9H2,1H3. The molecule has 0 fully saturated rings. The number of aryl methyl sites for hydroxylation is 1. The van der Waals surface area contributed by atoms with Crippen molar-refractivity contribution in [1.82, 2.24) is 0 Å². The Kier molecular flexibility index (Phi) is 4.08. The van der Waals surface area contributed by atoms with Gasteiger partial charge in [0, 0.05) is 21.7 Å². The van der Waals surface area contributed by atoms with E-state index in [1.807, 2.05) is 18.2 Å². The number of benzene rings is 2. The normalized spacial score (nSPS) is 10.3. The Hall–Kier alpha value is -0.990. The first-order chi connectivity index (χ1) is 8.15. The zero-order valence-corrected chi connectivity index (χ0v) is 11.8. The maximum absolute atomic E-state index is 5.94. The Morgan fingerprint density at radius 2 is 2.00 bits per heavy atom. The molecule has 1 nitrogen and oxygen atoms in total. The average molecular weight is 311 g/mol. The van der Waals surface area contributed by atoms with Crippen molar-refractivity contribution in [2.75, 3.05) is 5.32 Å². The molecule has 0 aromatic heterocycles. The highest BCUT2D eigenvalue weighted by molar-refractivity contribution is 9.10. The molecule has 0 aliphatic carbocycles. The molecular weight excluding hydrogens is 298 g/mol. The van der Waals surface area contributed by atoms with Gasteiger partial charge in [-0.3, -0.25) is 0 Å². The van der Waals surface area contributed by atoms with Crippen molar-refractivity contribution in [3.05, 3.63) is 63.1 Å². The molecule has 0 aliphatic rings. The summed E-state index contributed by atoms with van der Waals surface area (Å²) in [5.74, 6) is 0. The van der Waals surface area contributed by atoms with Crippen molar-refractivity contribution in [3.8, 4) is 0 Å². The van der Waals surface area contributed by atoms with E-state index in [0.29, 0.717) is 0 Å². The second-order valence-corrected chi connectivity index (χ2v) is 5.24. The molecule has 17 heavy (non-hydrogen) atoms. The first kappa shape index (κ1) is 12.5. The van der Waals surface area contributed by atoms with Crippen LogP contribution in [0.5, 0.6) is 0 Å². The fourth-order valence-electron chi connectivity index (χ4n) is 1.61. The number of hydrogen-bond acceptors (Lipinski definition) is 1. The number of anilines is 1. The van der Waals surface area contributed by atoms with E-state index in [1.54, 1.807) is 0 Å². The van der Waals surface area contributed by atoms with Gasteiger partial charge in [-0.15, -0.1) is 0 Å². The van der Waals surface area contributed by atoms with Crippen LogP contribution in [0.25, 0.3) is 0 Å². The van der Waals surface area contributed by atoms with Crippen molar-refractivity contribution in [2.45, 2.75) is 13.5 Å². The van der Waals surface area contributed by atoms with Gasteiger partial charge in [0.1, 0.15) is 0 Å². The van der Waals surface area contributed by atoms with E-state index >= 15 is 0 Å². The summed E-state index contributed by atoms with van der Waals surface area (Å²) in [7, 11) is 0. The van der Waals surface area contributed by atoms with E-state index in [9.17, 15) is 0 Å². The number of hydrogen-bond donors (Lipinski definition) is 1. The van der Waals surface area contributed by atoms with E-state index in [4.69, 9.17) is 11.6 Å². The molecular formula is C14H13BrClN. The molecule has 0 amide bonds. The molecule has 0 saturated carbocycles. The lowest BCUT2D eigenvalue weighted by molar-refractivity contribution is 1.15. The maximum atomic E-state index is 5.94. The summed E-state index contributed by atoms with van der Waals surface area (Å²) in [6.45, 7) is 2.86. The van der Waals surface area contributed by atoms with Crippen LogP contribution in [0, 0.1) is 6.92 Å². The molecule has 1 N–H and O–H groups in total. The molecule has 3 heteroatoms. The Balaban J connectivity index is 2.05. The van der Waals surface area contributed by atoms with Crippen LogP contribution in [0.4, 0.5) is 5.69 Å². The van der Waals surface area contributed by atoms with Crippen LogP contribution in [-0.4, -0.2) is 0 Å². The monoisotopic (exact) mass is 309 g/mol. The largest absolute Gasteiger partial charge is 0.381 e. The van der Waals surface area contributed by atoms with Crippen molar-refractivity contribution in [1.29, 1.82) is 0 Å². The highest BCUT2D eigenvalue weighted by atomic mass is 79.9. The molecule has 0 atom stereocenters. The van der Waals surface area contributed by atoms with E-state index in [2.05, 4.69) is 52.4 Å². The van der Waals surface area contributed by atoms with Gasteiger partial charge in [0.2, 0.25) is 0 Å². The van der Waals surface area contributed by atoms with E-state index < -0.39 is 0 Å². The highest BCUT2D eigenvalue weighted by Crippen LogP contribution is 2.20. The van der Waals surface area contributed by atoms with Crippen LogP contribution >= 0.6 is 27.5 Å². The van der Waals surface area contributed by atoms with Crippen molar-refractivity contribution < 1.29 is 0 Å². The predicted molar refractivity (Wildman–Crippen MR) is 77.7 cm³/mol. The number of halogens is 2. The molecule has 88 valence electrons. The first-order valence-electron chi connectivity index (χ1n) is 5.39. The Morgan fingerprint density at radius 3 is 2.71 bits per heavy atom. The van der Waals surface area contributed by atoms with Crippen LogP contribution in [0.3, 0.4) is 0 Å². The third-order valence-corrected chi connectivity index (χ3v) is 3.67. The van der Waals surface area contributed by atoms with Crippen LogP contribution in [-0.2, 0) is 6.54 Å². The quantitative estimate of drug-likeness (QED) is 0.839. The SMILES string of the molecule is Cc1cc(NCc2cccc(Cl)c2)ccc1Br.